The van der Waals surface area contributed by atoms with Crippen molar-refractivity contribution in [2.45, 2.75) is 11.7 Å². The van der Waals surface area contributed by atoms with Crippen molar-refractivity contribution in [2.24, 2.45) is 4.99 Å². The van der Waals surface area contributed by atoms with Crippen molar-refractivity contribution in [1.82, 2.24) is 4.90 Å². The summed E-state index contributed by atoms with van der Waals surface area (Å²) in [5.41, 5.74) is 1.15. The summed E-state index contributed by atoms with van der Waals surface area (Å²) in [7, 11) is 3.23. The summed E-state index contributed by atoms with van der Waals surface area (Å²) in [6.45, 7) is 0. The highest BCUT2D eigenvalue weighted by atomic mass is 35.5. The van der Waals surface area contributed by atoms with E-state index in [9.17, 15) is 14.4 Å². The Kier molecular flexibility index (Phi) is 6.16. The second-order valence-electron chi connectivity index (χ2n) is 6.15. The monoisotopic (exact) mass is 415 g/mol. The molecule has 0 aromatic heterocycles. The lowest BCUT2D eigenvalue weighted by Crippen LogP contribution is -2.30. The van der Waals surface area contributed by atoms with Gasteiger partial charge in [0, 0.05) is 36.7 Å². The highest BCUT2D eigenvalue weighted by Gasteiger charge is 2.36. The van der Waals surface area contributed by atoms with Gasteiger partial charge in [0.1, 0.15) is 5.25 Å². The molecular formula is C20H18ClN3O3S. The van der Waals surface area contributed by atoms with Crippen molar-refractivity contribution in [2.75, 3.05) is 19.4 Å². The summed E-state index contributed by atoms with van der Waals surface area (Å²) in [6, 6.07) is 13.5. The van der Waals surface area contributed by atoms with E-state index >= 15 is 0 Å². The number of nitrogens with one attached hydrogen (secondary N) is 1. The van der Waals surface area contributed by atoms with Gasteiger partial charge in [-0.2, -0.15) is 0 Å². The molecule has 0 radical (unpaired) electrons. The van der Waals surface area contributed by atoms with Crippen LogP contribution in [0.3, 0.4) is 0 Å². The van der Waals surface area contributed by atoms with Crippen LogP contribution in [-0.2, 0) is 9.59 Å². The molecule has 1 aliphatic heterocycles. The lowest BCUT2D eigenvalue weighted by molar-refractivity contribution is -0.127. The van der Waals surface area contributed by atoms with Crippen LogP contribution in [0.2, 0.25) is 5.02 Å². The first-order chi connectivity index (χ1) is 13.4. The van der Waals surface area contributed by atoms with Crippen LogP contribution in [0.4, 0.5) is 5.69 Å². The predicted octanol–water partition coefficient (Wildman–Crippen LogP) is 3.46. The molecule has 0 unspecified atom stereocenters. The van der Waals surface area contributed by atoms with E-state index in [2.05, 4.69) is 10.3 Å². The molecule has 2 aromatic rings. The van der Waals surface area contributed by atoms with Gasteiger partial charge in [0.15, 0.2) is 11.0 Å². The van der Waals surface area contributed by atoms with Crippen LogP contribution >= 0.6 is 23.4 Å². The van der Waals surface area contributed by atoms with Gasteiger partial charge in [-0.3, -0.25) is 24.3 Å². The minimum Gasteiger partial charge on any atom is -0.325 e. The van der Waals surface area contributed by atoms with Gasteiger partial charge in [0.05, 0.1) is 5.69 Å². The Balaban J connectivity index is 1.78. The van der Waals surface area contributed by atoms with Crippen molar-refractivity contribution in [3.8, 4) is 0 Å². The molecule has 2 amide bonds. The molecule has 6 nitrogen and oxygen atoms in total. The molecule has 1 aliphatic rings. The number of hydrogen-bond acceptors (Lipinski definition) is 5. The maximum absolute atomic E-state index is 12.8. The largest absolute Gasteiger partial charge is 0.325 e. The number of nitrogens with zero attached hydrogens (tertiary/aromatic N) is 2. The third-order valence-electron chi connectivity index (χ3n) is 4.24. The summed E-state index contributed by atoms with van der Waals surface area (Å²) >= 11 is 7.31. The van der Waals surface area contributed by atoms with E-state index in [1.807, 2.05) is 6.07 Å². The molecule has 0 aliphatic carbocycles. The fourth-order valence-corrected chi connectivity index (χ4v) is 4.10. The van der Waals surface area contributed by atoms with Crippen LogP contribution in [0.5, 0.6) is 0 Å². The van der Waals surface area contributed by atoms with Crippen LogP contribution in [0, 0.1) is 0 Å². The average Bonchev–Trinajstić information content (AvgIpc) is 2.97. The standard InChI is InChI=1S/C20H18ClN3O3S/c1-22-20-24(2)19(27)16(28-20)11-17(25)23-15-9-8-13(21)10-14(15)18(26)12-6-4-3-5-7-12/h3-10,16H,11H2,1-2H3,(H,23,25)/t16-/m0/s1. The van der Waals surface area contributed by atoms with Gasteiger partial charge < -0.3 is 5.32 Å². The summed E-state index contributed by atoms with van der Waals surface area (Å²) in [6.07, 6.45) is -0.0194. The Morgan fingerprint density at radius 2 is 1.93 bits per heavy atom. The number of hydrogen-bond donors (Lipinski definition) is 1. The third kappa shape index (κ3) is 4.26. The highest BCUT2D eigenvalue weighted by Crippen LogP contribution is 2.29. The van der Waals surface area contributed by atoms with Crippen LogP contribution < -0.4 is 5.32 Å². The molecular weight excluding hydrogens is 398 g/mol. The Hall–Kier alpha value is -2.64. The van der Waals surface area contributed by atoms with E-state index in [0.29, 0.717) is 27.0 Å². The maximum atomic E-state index is 12.8. The van der Waals surface area contributed by atoms with Crippen LogP contribution in [0.25, 0.3) is 0 Å². The number of aliphatic imine (C=N–C) groups is 1. The molecule has 3 rings (SSSR count). The molecule has 0 bridgehead atoms. The highest BCUT2D eigenvalue weighted by molar-refractivity contribution is 8.15. The van der Waals surface area contributed by atoms with Crippen molar-refractivity contribution in [3.05, 3.63) is 64.7 Å². The van der Waals surface area contributed by atoms with Crippen LogP contribution in [0.1, 0.15) is 22.3 Å². The topological polar surface area (TPSA) is 78.8 Å². The number of carbonyl (C=O) groups excluding carboxylic acids is 3. The second-order valence-corrected chi connectivity index (χ2v) is 7.75. The number of benzene rings is 2. The van der Waals surface area contributed by atoms with E-state index < -0.39 is 5.25 Å². The maximum Gasteiger partial charge on any atom is 0.242 e. The van der Waals surface area contributed by atoms with Crippen molar-refractivity contribution < 1.29 is 14.4 Å². The molecule has 1 atom stereocenters. The van der Waals surface area contributed by atoms with Crippen molar-refractivity contribution in [3.63, 3.8) is 0 Å². The first-order valence-corrected chi connectivity index (χ1v) is 9.76. The number of thioether (sulfide) groups is 1. The number of amidine groups is 1. The Bertz CT molecular complexity index is 962. The summed E-state index contributed by atoms with van der Waals surface area (Å²) in [5, 5.41) is 3.17. The molecule has 1 fully saturated rings. The van der Waals surface area contributed by atoms with Gasteiger partial charge in [-0.25, -0.2) is 0 Å². The smallest absolute Gasteiger partial charge is 0.242 e. The van der Waals surface area contributed by atoms with E-state index in [0.717, 1.165) is 0 Å². The van der Waals surface area contributed by atoms with Gasteiger partial charge in [-0.05, 0) is 18.2 Å². The van der Waals surface area contributed by atoms with Gasteiger partial charge in [0.2, 0.25) is 11.8 Å². The van der Waals surface area contributed by atoms with Gasteiger partial charge >= 0.3 is 0 Å². The quantitative estimate of drug-likeness (QED) is 0.758. The zero-order valence-corrected chi connectivity index (χ0v) is 16.9. The lowest BCUT2D eigenvalue weighted by atomic mass is 10.0. The fraction of sp³-hybridized carbons (Fsp3) is 0.200. The van der Waals surface area contributed by atoms with Gasteiger partial charge in [0.25, 0.3) is 0 Å². The molecule has 144 valence electrons. The van der Waals surface area contributed by atoms with Crippen LogP contribution in [0.15, 0.2) is 53.5 Å². The number of amides is 2. The number of carbonyl (C=O) groups is 3. The average molecular weight is 416 g/mol. The van der Waals surface area contributed by atoms with Crippen molar-refractivity contribution >= 4 is 51.8 Å². The molecule has 28 heavy (non-hydrogen) atoms. The molecule has 8 heteroatoms. The lowest BCUT2D eigenvalue weighted by Gasteiger charge is -2.12. The van der Waals surface area contributed by atoms with Crippen molar-refractivity contribution in [1.29, 1.82) is 0 Å². The minimum atomic E-state index is -0.538. The zero-order valence-electron chi connectivity index (χ0n) is 15.3. The number of halogens is 1. The van der Waals surface area contributed by atoms with E-state index in [4.69, 9.17) is 11.6 Å². The second kappa shape index (κ2) is 8.58. The summed E-state index contributed by atoms with van der Waals surface area (Å²) in [4.78, 5) is 43.1. The molecule has 1 saturated heterocycles. The van der Waals surface area contributed by atoms with E-state index in [-0.39, 0.29) is 24.0 Å². The Morgan fingerprint density at radius 1 is 1.21 bits per heavy atom. The number of rotatable bonds is 5. The molecule has 1 N–H and O–H groups in total. The fourth-order valence-electron chi connectivity index (χ4n) is 2.83. The molecule has 2 aromatic carbocycles. The van der Waals surface area contributed by atoms with Gasteiger partial charge in [-0.1, -0.05) is 53.7 Å². The normalized spacial score (nSPS) is 17.8. The predicted molar refractivity (Wildman–Crippen MR) is 112 cm³/mol. The first-order valence-electron chi connectivity index (χ1n) is 8.51. The number of ketones is 1. The number of anilines is 1. The summed E-state index contributed by atoms with van der Waals surface area (Å²) < 4.78 is 0. The SMILES string of the molecule is CN=C1S[C@@H](CC(=O)Nc2ccc(Cl)cc2C(=O)c2ccccc2)C(=O)N1C. The van der Waals surface area contributed by atoms with Crippen LogP contribution in [-0.4, -0.2) is 47.0 Å². The van der Waals surface area contributed by atoms with Gasteiger partial charge in [-0.15, -0.1) is 0 Å². The Labute approximate surface area is 172 Å². The molecule has 1 heterocycles. The Morgan fingerprint density at radius 3 is 2.57 bits per heavy atom. The van der Waals surface area contributed by atoms with E-state index in [1.165, 1.54) is 22.7 Å². The van der Waals surface area contributed by atoms with E-state index in [1.54, 1.807) is 50.5 Å². The minimum absolute atomic E-state index is 0.0194. The summed E-state index contributed by atoms with van der Waals surface area (Å²) in [5.74, 6) is -0.775. The first kappa shape index (κ1) is 20.1. The zero-order chi connectivity index (χ0) is 20.3. The molecule has 0 saturated carbocycles. The third-order valence-corrected chi connectivity index (χ3v) is 5.79. The molecule has 0 spiro atoms.